The van der Waals surface area contributed by atoms with Gasteiger partial charge in [-0.05, 0) is 57.0 Å². The van der Waals surface area contributed by atoms with E-state index in [1.54, 1.807) is 14.2 Å². The number of nitrogens with zero attached hydrogens (tertiary/aromatic N) is 2. The summed E-state index contributed by atoms with van der Waals surface area (Å²) >= 11 is 0. The molecule has 0 N–H and O–H groups in total. The van der Waals surface area contributed by atoms with Gasteiger partial charge < -0.3 is 14.4 Å². The maximum atomic E-state index is 13.7. The Bertz CT molecular complexity index is 1120. The maximum absolute atomic E-state index is 13.7. The molecule has 4 rings (SSSR count). The van der Waals surface area contributed by atoms with Crippen LogP contribution in [-0.2, 0) is 6.54 Å². The van der Waals surface area contributed by atoms with Gasteiger partial charge in [0.15, 0.2) is 11.5 Å². The molecule has 5 nitrogen and oxygen atoms in total. The molecule has 3 aromatic carbocycles. The molecule has 1 heterocycles. The highest BCUT2D eigenvalue weighted by atomic mass is 16.5. The van der Waals surface area contributed by atoms with Gasteiger partial charge in [-0.25, -0.2) is 0 Å². The molecule has 0 spiro atoms. The predicted octanol–water partition coefficient (Wildman–Crippen LogP) is 5.63. The van der Waals surface area contributed by atoms with Crippen molar-refractivity contribution in [2.45, 2.75) is 39.3 Å². The molecule has 1 aliphatic heterocycles. The number of piperidine rings is 1. The number of methoxy groups -OCH3 is 2. The summed E-state index contributed by atoms with van der Waals surface area (Å²) in [5.74, 6) is 1.62. The molecule has 3 aromatic rings. The number of ether oxygens (including phenoxy) is 2. The molecule has 0 aliphatic carbocycles. The standard InChI is InChI=1S/C29H34N2O3/c1-21-11-13-25(14-12-21)31(29(32)23-8-5-7-22(2)19-23)26-15-17-30(18-16-26)20-24-9-6-10-27(33-3)28(24)34-4/h5-14,19,26H,15-18,20H2,1-4H3. The number of anilines is 1. The van der Waals surface area contributed by atoms with Crippen LogP contribution >= 0.6 is 0 Å². The quantitative estimate of drug-likeness (QED) is 0.460. The minimum absolute atomic E-state index is 0.0699. The van der Waals surface area contributed by atoms with Crippen molar-refractivity contribution in [1.82, 2.24) is 4.90 Å². The fraction of sp³-hybridized carbons (Fsp3) is 0.345. The molecular formula is C29H34N2O3. The number of likely N-dealkylation sites (tertiary alicyclic amines) is 1. The Labute approximate surface area is 202 Å². The smallest absolute Gasteiger partial charge is 0.258 e. The van der Waals surface area contributed by atoms with Crippen molar-refractivity contribution in [2.75, 3.05) is 32.2 Å². The Morgan fingerprint density at radius 2 is 1.62 bits per heavy atom. The predicted molar refractivity (Wildman–Crippen MR) is 137 cm³/mol. The first-order valence-electron chi connectivity index (χ1n) is 11.9. The van der Waals surface area contributed by atoms with Crippen molar-refractivity contribution in [1.29, 1.82) is 0 Å². The van der Waals surface area contributed by atoms with E-state index in [1.165, 1.54) is 5.56 Å². The zero-order valence-corrected chi connectivity index (χ0v) is 20.6. The fourth-order valence-electron chi connectivity index (χ4n) is 4.77. The van der Waals surface area contributed by atoms with E-state index in [4.69, 9.17) is 9.47 Å². The summed E-state index contributed by atoms with van der Waals surface area (Å²) in [7, 11) is 3.35. The van der Waals surface area contributed by atoms with Crippen LogP contribution in [-0.4, -0.2) is 44.2 Å². The van der Waals surface area contributed by atoms with Gasteiger partial charge in [-0.15, -0.1) is 0 Å². The number of amides is 1. The highest BCUT2D eigenvalue weighted by Crippen LogP contribution is 2.33. The van der Waals surface area contributed by atoms with Gasteiger partial charge in [0.25, 0.3) is 5.91 Å². The monoisotopic (exact) mass is 458 g/mol. The fourth-order valence-corrected chi connectivity index (χ4v) is 4.77. The Morgan fingerprint density at radius 1 is 0.912 bits per heavy atom. The van der Waals surface area contributed by atoms with Crippen LogP contribution in [0.4, 0.5) is 5.69 Å². The van der Waals surface area contributed by atoms with E-state index in [0.717, 1.165) is 66.4 Å². The lowest BCUT2D eigenvalue weighted by Gasteiger charge is -2.39. The second-order valence-electron chi connectivity index (χ2n) is 9.04. The van der Waals surface area contributed by atoms with Crippen molar-refractivity contribution in [2.24, 2.45) is 0 Å². The van der Waals surface area contributed by atoms with Crippen LogP contribution in [0.1, 0.15) is 39.9 Å². The number of hydrogen-bond acceptors (Lipinski definition) is 4. The molecular weight excluding hydrogens is 424 g/mol. The Hall–Kier alpha value is -3.31. The summed E-state index contributed by atoms with van der Waals surface area (Å²) in [6, 6.07) is 22.3. The van der Waals surface area contributed by atoms with E-state index in [9.17, 15) is 4.79 Å². The van der Waals surface area contributed by atoms with Gasteiger partial charge in [0, 0.05) is 42.5 Å². The van der Waals surface area contributed by atoms with Crippen molar-refractivity contribution >= 4 is 11.6 Å². The van der Waals surface area contributed by atoms with Gasteiger partial charge in [-0.2, -0.15) is 0 Å². The van der Waals surface area contributed by atoms with Crippen LogP contribution in [0.3, 0.4) is 0 Å². The first-order valence-corrected chi connectivity index (χ1v) is 11.9. The lowest BCUT2D eigenvalue weighted by molar-refractivity contribution is 0.0958. The minimum atomic E-state index is 0.0699. The summed E-state index contributed by atoms with van der Waals surface area (Å²) in [5.41, 5.74) is 5.10. The number of para-hydroxylation sites is 1. The third-order valence-corrected chi connectivity index (χ3v) is 6.60. The summed E-state index contributed by atoms with van der Waals surface area (Å²) < 4.78 is 11.1. The largest absolute Gasteiger partial charge is 0.493 e. The first kappa shape index (κ1) is 23.8. The molecule has 0 saturated carbocycles. The van der Waals surface area contributed by atoms with Crippen LogP contribution in [0.5, 0.6) is 11.5 Å². The molecule has 1 saturated heterocycles. The number of rotatable bonds is 7. The summed E-state index contributed by atoms with van der Waals surface area (Å²) in [4.78, 5) is 18.1. The molecule has 1 amide bonds. The van der Waals surface area contributed by atoms with E-state index < -0.39 is 0 Å². The van der Waals surface area contributed by atoms with Gasteiger partial charge in [0.2, 0.25) is 0 Å². The van der Waals surface area contributed by atoms with Crippen molar-refractivity contribution in [3.63, 3.8) is 0 Å². The molecule has 178 valence electrons. The van der Waals surface area contributed by atoms with Gasteiger partial charge in [0.1, 0.15) is 0 Å². The average Bonchev–Trinajstić information content (AvgIpc) is 2.86. The average molecular weight is 459 g/mol. The molecule has 0 aromatic heterocycles. The maximum Gasteiger partial charge on any atom is 0.258 e. The van der Waals surface area contributed by atoms with Crippen molar-refractivity contribution < 1.29 is 14.3 Å². The third kappa shape index (κ3) is 5.26. The van der Waals surface area contributed by atoms with E-state index in [1.807, 2.05) is 48.2 Å². The van der Waals surface area contributed by atoms with Crippen LogP contribution < -0.4 is 14.4 Å². The van der Waals surface area contributed by atoms with Crippen LogP contribution in [0.2, 0.25) is 0 Å². The summed E-state index contributed by atoms with van der Waals surface area (Å²) in [5, 5.41) is 0. The zero-order valence-electron chi connectivity index (χ0n) is 20.6. The lowest BCUT2D eigenvalue weighted by atomic mass is 9.99. The number of carbonyl (C=O) groups excluding carboxylic acids is 1. The number of carbonyl (C=O) groups is 1. The van der Waals surface area contributed by atoms with Crippen LogP contribution in [0, 0.1) is 13.8 Å². The highest BCUT2D eigenvalue weighted by molar-refractivity contribution is 6.06. The lowest BCUT2D eigenvalue weighted by Crippen LogP contribution is -2.47. The molecule has 0 atom stereocenters. The van der Waals surface area contributed by atoms with E-state index in [2.05, 4.69) is 42.2 Å². The summed E-state index contributed by atoms with van der Waals surface area (Å²) in [6.07, 6.45) is 1.83. The van der Waals surface area contributed by atoms with E-state index in [-0.39, 0.29) is 11.9 Å². The molecule has 0 unspecified atom stereocenters. The molecule has 5 heteroatoms. The highest BCUT2D eigenvalue weighted by Gasteiger charge is 2.30. The van der Waals surface area contributed by atoms with Crippen LogP contribution in [0.25, 0.3) is 0 Å². The molecule has 1 aliphatic rings. The molecule has 34 heavy (non-hydrogen) atoms. The topological polar surface area (TPSA) is 42.0 Å². The van der Waals surface area contributed by atoms with Crippen LogP contribution in [0.15, 0.2) is 66.7 Å². The molecule has 1 fully saturated rings. The Balaban J connectivity index is 1.52. The summed E-state index contributed by atoms with van der Waals surface area (Å²) in [6.45, 7) is 6.71. The third-order valence-electron chi connectivity index (χ3n) is 6.60. The minimum Gasteiger partial charge on any atom is -0.493 e. The Kier molecular flexibility index (Phi) is 7.53. The second kappa shape index (κ2) is 10.7. The zero-order chi connectivity index (χ0) is 24.1. The van der Waals surface area contributed by atoms with Gasteiger partial charge in [-0.3, -0.25) is 9.69 Å². The molecule has 0 bridgehead atoms. The molecule has 0 radical (unpaired) electrons. The van der Waals surface area contributed by atoms with Crippen molar-refractivity contribution in [3.8, 4) is 11.5 Å². The number of aryl methyl sites for hydroxylation is 2. The van der Waals surface area contributed by atoms with Gasteiger partial charge in [-0.1, -0.05) is 47.5 Å². The SMILES string of the molecule is COc1cccc(CN2CCC(N(C(=O)c3cccc(C)c3)c3ccc(C)cc3)CC2)c1OC. The van der Waals surface area contributed by atoms with E-state index >= 15 is 0 Å². The number of benzene rings is 3. The first-order chi connectivity index (χ1) is 16.5. The normalized spacial score (nSPS) is 14.6. The van der Waals surface area contributed by atoms with Gasteiger partial charge in [0.05, 0.1) is 14.2 Å². The van der Waals surface area contributed by atoms with E-state index in [0.29, 0.717) is 0 Å². The van der Waals surface area contributed by atoms with Crippen molar-refractivity contribution in [3.05, 3.63) is 89.0 Å². The Morgan fingerprint density at radius 3 is 2.26 bits per heavy atom. The second-order valence-corrected chi connectivity index (χ2v) is 9.04. The number of hydrogen-bond donors (Lipinski definition) is 0. The van der Waals surface area contributed by atoms with Gasteiger partial charge >= 0.3 is 0 Å².